The maximum Gasteiger partial charge on any atom is 0.219 e. The van der Waals surface area contributed by atoms with Crippen molar-refractivity contribution in [3.05, 3.63) is 52.7 Å². The standard InChI is InChI=1S/C17H22N2O/c1-5-18-11-15-6-7-19-17(10-15)20-16-9-12(2)8-13(3)14(16)4/h6-10,18H,5,11H2,1-4H3. The molecule has 0 aliphatic rings. The first-order valence-corrected chi connectivity index (χ1v) is 7.01. The zero-order valence-electron chi connectivity index (χ0n) is 12.7. The van der Waals surface area contributed by atoms with Gasteiger partial charge in [0.25, 0.3) is 0 Å². The summed E-state index contributed by atoms with van der Waals surface area (Å²) in [6, 6.07) is 8.21. The zero-order valence-corrected chi connectivity index (χ0v) is 12.7. The molecule has 3 heteroatoms. The van der Waals surface area contributed by atoms with Gasteiger partial charge in [0.05, 0.1) is 0 Å². The lowest BCUT2D eigenvalue weighted by Gasteiger charge is -2.12. The van der Waals surface area contributed by atoms with E-state index in [0.717, 1.165) is 24.4 Å². The smallest absolute Gasteiger partial charge is 0.219 e. The summed E-state index contributed by atoms with van der Waals surface area (Å²) >= 11 is 0. The third-order valence-electron chi connectivity index (χ3n) is 3.36. The second-order valence-corrected chi connectivity index (χ2v) is 5.09. The molecule has 0 radical (unpaired) electrons. The Kier molecular flexibility index (Phi) is 4.74. The number of rotatable bonds is 5. The second kappa shape index (κ2) is 6.53. The molecule has 0 fully saturated rings. The Labute approximate surface area is 121 Å². The van der Waals surface area contributed by atoms with Gasteiger partial charge in [-0.05, 0) is 61.7 Å². The van der Waals surface area contributed by atoms with Crippen molar-refractivity contribution in [2.75, 3.05) is 6.54 Å². The van der Waals surface area contributed by atoms with Gasteiger partial charge in [0.1, 0.15) is 5.75 Å². The largest absolute Gasteiger partial charge is 0.439 e. The Morgan fingerprint density at radius 2 is 1.95 bits per heavy atom. The monoisotopic (exact) mass is 270 g/mol. The molecule has 0 atom stereocenters. The molecule has 106 valence electrons. The van der Waals surface area contributed by atoms with E-state index < -0.39 is 0 Å². The summed E-state index contributed by atoms with van der Waals surface area (Å²) in [6.07, 6.45) is 1.79. The highest BCUT2D eigenvalue weighted by Gasteiger charge is 2.06. The van der Waals surface area contributed by atoms with Gasteiger partial charge in [0.15, 0.2) is 0 Å². The van der Waals surface area contributed by atoms with Crippen LogP contribution in [0.4, 0.5) is 0 Å². The molecule has 1 aromatic heterocycles. The first-order chi connectivity index (χ1) is 9.60. The highest BCUT2D eigenvalue weighted by atomic mass is 16.5. The molecule has 20 heavy (non-hydrogen) atoms. The number of hydrogen-bond donors (Lipinski definition) is 1. The minimum absolute atomic E-state index is 0.647. The van der Waals surface area contributed by atoms with Crippen molar-refractivity contribution in [1.82, 2.24) is 10.3 Å². The van der Waals surface area contributed by atoms with Gasteiger partial charge in [-0.15, -0.1) is 0 Å². The van der Waals surface area contributed by atoms with Crippen LogP contribution in [0.5, 0.6) is 11.6 Å². The van der Waals surface area contributed by atoms with Crippen LogP contribution < -0.4 is 10.1 Å². The van der Waals surface area contributed by atoms with Crippen molar-refractivity contribution < 1.29 is 4.74 Å². The fourth-order valence-corrected chi connectivity index (χ4v) is 2.11. The lowest BCUT2D eigenvalue weighted by Crippen LogP contribution is -2.11. The first-order valence-electron chi connectivity index (χ1n) is 7.01. The Hall–Kier alpha value is -1.87. The van der Waals surface area contributed by atoms with Crippen LogP contribution in [-0.2, 0) is 6.54 Å². The molecule has 2 aromatic rings. The molecule has 0 spiro atoms. The lowest BCUT2D eigenvalue weighted by atomic mass is 10.1. The first kappa shape index (κ1) is 14.5. The van der Waals surface area contributed by atoms with Gasteiger partial charge in [-0.25, -0.2) is 4.98 Å². The van der Waals surface area contributed by atoms with Crippen molar-refractivity contribution in [3.8, 4) is 11.6 Å². The van der Waals surface area contributed by atoms with E-state index in [-0.39, 0.29) is 0 Å². The van der Waals surface area contributed by atoms with Crippen LogP contribution >= 0.6 is 0 Å². The highest BCUT2D eigenvalue weighted by Crippen LogP contribution is 2.27. The van der Waals surface area contributed by atoms with Crippen LogP contribution in [0.25, 0.3) is 0 Å². The van der Waals surface area contributed by atoms with Crippen LogP contribution in [0.15, 0.2) is 30.5 Å². The van der Waals surface area contributed by atoms with Gasteiger partial charge in [-0.3, -0.25) is 0 Å². The average Bonchev–Trinajstić information content (AvgIpc) is 2.42. The summed E-state index contributed by atoms with van der Waals surface area (Å²) < 4.78 is 5.95. The summed E-state index contributed by atoms with van der Waals surface area (Å²) in [6.45, 7) is 10.1. The van der Waals surface area contributed by atoms with Crippen molar-refractivity contribution in [3.63, 3.8) is 0 Å². The van der Waals surface area contributed by atoms with E-state index in [1.165, 1.54) is 16.7 Å². The fourth-order valence-electron chi connectivity index (χ4n) is 2.11. The van der Waals surface area contributed by atoms with Gasteiger partial charge >= 0.3 is 0 Å². The van der Waals surface area contributed by atoms with E-state index in [0.29, 0.717) is 5.88 Å². The van der Waals surface area contributed by atoms with Crippen LogP contribution in [0.2, 0.25) is 0 Å². The van der Waals surface area contributed by atoms with E-state index in [9.17, 15) is 0 Å². The number of aryl methyl sites for hydroxylation is 2. The molecular weight excluding hydrogens is 248 g/mol. The van der Waals surface area contributed by atoms with E-state index in [1.54, 1.807) is 6.20 Å². The molecule has 0 bridgehead atoms. The summed E-state index contributed by atoms with van der Waals surface area (Å²) in [5.74, 6) is 1.53. The fraction of sp³-hybridized carbons (Fsp3) is 0.353. The Morgan fingerprint density at radius 3 is 2.70 bits per heavy atom. The second-order valence-electron chi connectivity index (χ2n) is 5.09. The predicted octanol–water partition coefficient (Wildman–Crippen LogP) is 3.91. The molecular formula is C17H22N2O. The molecule has 0 unspecified atom stereocenters. The summed E-state index contributed by atoms with van der Waals surface area (Å²) in [5.41, 5.74) is 4.78. The van der Waals surface area contributed by atoms with Crippen LogP contribution in [0.1, 0.15) is 29.2 Å². The SMILES string of the molecule is CCNCc1ccnc(Oc2cc(C)cc(C)c2C)c1. The molecule has 3 nitrogen and oxygen atoms in total. The molecule has 1 heterocycles. The molecule has 0 saturated heterocycles. The third-order valence-corrected chi connectivity index (χ3v) is 3.36. The molecule has 0 saturated carbocycles. The van der Waals surface area contributed by atoms with E-state index in [2.05, 4.69) is 50.1 Å². The third kappa shape index (κ3) is 3.58. The molecule has 0 amide bonds. The van der Waals surface area contributed by atoms with Gasteiger partial charge < -0.3 is 10.1 Å². The number of nitrogens with zero attached hydrogens (tertiary/aromatic N) is 1. The van der Waals surface area contributed by atoms with Gasteiger partial charge in [0.2, 0.25) is 5.88 Å². The number of benzene rings is 1. The van der Waals surface area contributed by atoms with E-state index >= 15 is 0 Å². The summed E-state index contributed by atoms with van der Waals surface area (Å²) in [5, 5.41) is 3.30. The van der Waals surface area contributed by atoms with Crippen molar-refractivity contribution in [2.45, 2.75) is 34.2 Å². The average molecular weight is 270 g/mol. The quantitative estimate of drug-likeness (QED) is 0.894. The van der Waals surface area contributed by atoms with Crippen molar-refractivity contribution >= 4 is 0 Å². The topological polar surface area (TPSA) is 34.2 Å². The number of nitrogens with one attached hydrogen (secondary N) is 1. The maximum absolute atomic E-state index is 5.95. The summed E-state index contributed by atoms with van der Waals surface area (Å²) in [7, 11) is 0. The van der Waals surface area contributed by atoms with Gasteiger partial charge in [-0.2, -0.15) is 0 Å². The molecule has 0 aliphatic carbocycles. The Balaban J connectivity index is 2.21. The van der Waals surface area contributed by atoms with Crippen LogP contribution in [0.3, 0.4) is 0 Å². The number of ether oxygens (including phenoxy) is 1. The van der Waals surface area contributed by atoms with Crippen molar-refractivity contribution in [1.29, 1.82) is 0 Å². The lowest BCUT2D eigenvalue weighted by molar-refractivity contribution is 0.457. The normalized spacial score (nSPS) is 10.6. The van der Waals surface area contributed by atoms with Gasteiger partial charge in [0, 0.05) is 18.8 Å². The molecule has 1 N–H and O–H groups in total. The van der Waals surface area contributed by atoms with Crippen LogP contribution in [0, 0.1) is 20.8 Å². The predicted molar refractivity (Wildman–Crippen MR) is 82.3 cm³/mol. The number of aromatic nitrogens is 1. The highest BCUT2D eigenvalue weighted by molar-refractivity contribution is 5.43. The number of hydrogen-bond acceptors (Lipinski definition) is 3. The maximum atomic E-state index is 5.95. The molecule has 2 rings (SSSR count). The molecule has 1 aromatic carbocycles. The Bertz CT molecular complexity index is 594. The molecule has 0 aliphatic heterocycles. The van der Waals surface area contributed by atoms with E-state index in [4.69, 9.17) is 4.74 Å². The minimum Gasteiger partial charge on any atom is -0.439 e. The van der Waals surface area contributed by atoms with E-state index in [1.807, 2.05) is 12.1 Å². The summed E-state index contributed by atoms with van der Waals surface area (Å²) in [4.78, 5) is 4.29. The zero-order chi connectivity index (χ0) is 14.5. The number of pyridine rings is 1. The Morgan fingerprint density at radius 1 is 1.15 bits per heavy atom. The van der Waals surface area contributed by atoms with Crippen LogP contribution in [-0.4, -0.2) is 11.5 Å². The van der Waals surface area contributed by atoms with Crippen molar-refractivity contribution in [2.24, 2.45) is 0 Å². The minimum atomic E-state index is 0.647. The van der Waals surface area contributed by atoms with Gasteiger partial charge in [-0.1, -0.05) is 13.0 Å².